The summed E-state index contributed by atoms with van der Waals surface area (Å²) in [4.78, 5) is 16.4. The molecule has 3 heterocycles. The summed E-state index contributed by atoms with van der Waals surface area (Å²) in [6, 6.07) is 14.7. The van der Waals surface area contributed by atoms with Crippen molar-refractivity contribution < 1.29 is 4.39 Å². The van der Waals surface area contributed by atoms with Gasteiger partial charge >= 0.3 is 0 Å². The molecule has 2 aromatic heterocycles. The number of nitrogens with one attached hydrogen (secondary N) is 1. The number of fused-ring (bicyclic) bond motifs is 1. The van der Waals surface area contributed by atoms with Crippen molar-refractivity contribution in [3.05, 3.63) is 77.3 Å². The zero-order valence-electron chi connectivity index (χ0n) is 18.7. The third kappa shape index (κ3) is 5.49. The molecule has 5 rings (SSSR count). The average molecular weight is 494 g/mol. The molecule has 174 valence electrons. The van der Waals surface area contributed by atoms with E-state index in [9.17, 15) is 4.39 Å². The highest BCUT2D eigenvalue weighted by atomic mass is 35.5. The fraction of sp³-hybridized carbons (Fsp3) is 0.269. The maximum absolute atomic E-state index is 13.6. The van der Waals surface area contributed by atoms with Crippen LogP contribution in [0.2, 0.25) is 5.02 Å². The summed E-state index contributed by atoms with van der Waals surface area (Å²) in [6.45, 7) is 3.50. The number of aromatic nitrogens is 3. The van der Waals surface area contributed by atoms with E-state index < -0.39 is 5.82 Å². The molecule has 0 unspecified atom stereocenters. The first-order valence-electron chi connectivity index (χ1n) is 11.4. The molecule has 0 radical (unpaired) electrons. The summed E-state index contributed by atoms with van der Waals surface area (Å²) in [5, 5.41) is 4.25. The largest absolute Gasteiger partial charge is 0.340 e. The van der Waals surface area contributed by atoms with Crippen LogP contribution in [0.4, 0.5) is 15.9 Å². The lowest BCUT2D eigenvalue weighted by Gasteiger charge is -2.25. The second kappa shape index (κ2) is 10.7. The standard InChI is InChI=1S/C26H25ClFN5S/c27-22-16-20(6-8-23(22)28)30-26-21-7-5-18(3-2-10-33-11-13-34-14-12-33)15-24(21)31-25(32-26)19-4-1-9-29-17-19/h1,4-9,15-17H,2-3,10-14H2,(H,30,31,32). The van der Waals surface area contributed by atoms with E-state index in [0.29, 0.717) is 17.3 Å². The molecule has 0 amide bonds. The van der Waals surface area contributed by atoms with E-state index in [1.807, 2.05) is 23.9 Å². The van der Waals surface area contributed by atoms with Gasteiger partial charge in [-0.3, -0.25) is 4.98 Å². The Morgan fingerprint density at radius 1 is 1.06 bits per heavy atom. The van der Waals surface area contributed by atoms with E-state index in [1.54, 1.807) is 24.5 Å². The molecule has 5 nitrogen and oxygen atoms in total. The van der Waals surface area contributed by atoms with Crippen molar-refractivity contribution >= 4 is 45.8 Å². The lowest BCUT2D eigenvalue weighted by molar-refractivity contribution is 0.299. The summed E-state index contributed by atoms with van der Waals surface area (Å²) in [5.74, 6) is 3.24. The van der Waals surface area contributed by atoms with Crippen LogP contribution in [0.3, 0.4) is 0 Å². The Hall–Kier alpha value is -2.74. The van der Waals surface area contributed by atoms with E-state index in [-0.39, 0.29) is 5.02 Å². The Balaban J connectivity index is 1.45. The van der Waals surface area contributed by atoms with Crippen molar-refractivity contribution in [2.24, 2.45) is 0 Å². The first kappa shape index (κ1) is 23.0. The minimum absolute atomic E-state index is 0.0606. The Morgan fingerprint density at radius 3 is 2.74 bits per heavy atom. The molecule has 34 heavy (non-hydrogen) atoms. The lowest BCUT2D eigenvalue weighted by atomic mass is 10.1. The fourth-order valence-electron chi connectivity index (χ4n) is 4.09. The van der Waals surface area contributed by atoms with Crippen LogP contribution < -0.4 is 5.32 Å². The summed E-state index contributed by atoms with van der Waals surface area (Å²) < 4.78 is 13.6. The number of hydrogen-bond acceptors (Lipinski definition) is 6. The number of pyridine rings is 1. The monoisotopic (exact) mass is 493 g/mol. The minimum atomic E-state index is -0.455. The van der Waals surface area contributed by atoms with Gasteiger partial charge in [0.2, 0.25) is 0 Å². The van der Waals surface area contributed by atoms with Gasteiger partial charge in [-0.15, -0.1) is 0 Å². The molecule has 0 spiro atoms. The van der Waals surface area contributed by atoms with Gasteiger partial charge in [0.15, 0.2) is 5.82 Å². The van der Waals surface area contributed by atoms with Crippen molar-refractivity contribution in [3.8, 4) is 11.4 Å². The average Bonchev–Trinajstić information content (AvgIpc) is 2.87. The zero-order valence-corrected chi connectivity index (χ0v) is 20.2. The molecule has 1 N–H and O–H groups in total. The molecule has 8 heteroatoms. The van der Waals surface area contributed by atoms with Crippen molar-refractivity contribution in [3.63, 3.8) is 0 Å². The zero-order chi connectivity index (χ0) is 23.3. The summed E-state index contributed by atoms with van der Waals surface area (Å²) in [7, 11) is 0. The number of nitrogens with zero attached hydrogens (tertiary/aromatic N) is 4. The van der Waals surface area contributed by atoms with Crippen LogP contribution in [0.25, 0.3) is 22.3 Å². The molecular formula is C26H25ClFN5S. The molecule has 1 aliphatic heterocycles. The smallest absolute Gasteiger partial charge is 0.163 e. The third-order valence-corrected chi connectivity index (χ3v) is 7.14. The highest BCUT2D eigenvalue weighted by Crippen LogP contribution is 2.29. The van der Waals surface area contributed by atoms with Crippen molar-refractivity contribution in [2.75, 3.05) is 36.5 Å². The number of halogens is 2. The molecule has 2 aromatic carbocycles. The SMILES string of the molecule is Fc1ccc(Nc2nc(-c3cccnc3)nc3cc(CCCN4CCSCC4)ccc23)cc1Cl. The fourth-order valence-corrected chi connectivity index (χ4v) is 5.25. The predicted octanol–water partition coefficient (Wildman–Crippen LogP) is 6.21. The normalized spacial score (nSPS) is 14.4. The van der Waals surface area contributed by atoms with Gasteiger partial charge in [0, 0.05) is 53.6 Å². The van der Waals surface area contributed by atoms with Gasteiger partial charge in [-0.2, -0.15) is 11.8 Å². The van der Waals surface area contributed by atoms with E-state index in [1.165, 1.54) is 36.2 Å². The Bertz CT molecular complexity index is 1280. The van der Waals surface area contributed by atoms with Gasteiger partial charge in [-0.1, -0.05) is 17.7 Å². The Kier molecular flexibility index (Phi) is 7.23. The number of rotatable bonds is 7. The maximum Gasteiger partial charge on any atom is 0.163 e. The van der Waals surface area contributed by atoms with Gasteiger partial charge in [0.1, 0.15) is 11.6 Å². The Morgan fingerprint density at radius 2 is 1.94 bits per heavy atom. The third-order valence-electron chi connectivity index (χ3n) is 5.91. The van der Waals surface area contributed by atoms with Gasteiger partial charge in [-0.05, 0) is 67.4 Å². The second-order valence-electron chi connectivity index (χ2n) is 8.30. The van der Waals surface area contributed by atoms with Gasteiger partial charge in [-0.25, -0.2) is 14.4 Å². The topological polar surface area (TPSA) is 53.9 Å². The molecule has 1 saturated heterocycles. The van der Waals surface area contributed by atoms with Crippen LogP contribution in [0.1, 0.15) is 12.0 Å². The van der Waals surface area contributed by atoms with Crippen LogP contribution in [0.5, 0.6) is 0 Å². The number of thioether (sulfide) groups is 1. The van der Waals surface area contributed by atoms with Crippen LogP contribution in [-0.2, 0) is 6.42 Å². The number of benzene rings is 2. The molecule has 4 aromatic rings. The summed E-state index contributed by atoms with van der Waals surface area (Å²) in [6.07, 6.45) is 5.60. The van der Waals surface area contributed by atoms with Gasteiger partial charge in [0.05, 0.1) is 10.5 Å². The predicted molar refractivity (Wildman–Crippen MR) is 140 cm³/mol. The summed E-state index contributed by atoms with van der Waals surface area (Å²) >= 11 is 8.03. The highest BCUT2D eigenvalue weighted by Gasteiger charge is 2.13. The molecule has 1 fully saturated rings. The first-order valence-corrected chi connectivity index (χ1v) is 12.9. The van der Waals surface area contributed by atoms with Crippen LogP contribution >= 0.6 is 23.4 Å². The van der Waals surface area contributed by atoms with Crippen LogP contribution in [0, 0.1) is 5.82 Å². The molecule has 0 saturated carbocycles. The number of aryl methyl sites for hydroxylation is 1. The summed E-state index contributed by atoms with van der Waals surface area (Å²) in [5.41, 5.74) is 3.60. The van der Waals surface area contributed by atoms with Crippen molar-refractivity contribution in [1.29, 1.82) is 0 Å². The van der Waals surface area contributed by atoms with E-state index in [2.05, 4.69) is 33.4 Å². The number of hydrogen-bond donors (Lipinski definition) is 1. The van der Waals surface area contributed by atoms with Crippen molar-refractivity contribution in [1.82, 2.24) is 19.9 Å². The lowest BCUT2D eigenvalue weighted by Crippen LogP contribution is -2.33. The Labute approximate surface area is 207 Å². The molecule has 0 atom stereocenters. The minimum Gasteiger partial charge on any atom is -0.340 e. The number of anilines is 2. The second-order valence-corrected chi connectivity index (χ2v) is 9.93. The van der Waals surface area contributed by atoms with Crippen molar-refractivity contribution in [2.45, 2.75) is 12.8 Å². The molecule has 1 aliphatic rings. The van der Waals surface area contributed by atoms with Crippen LogP contribution in [0.15, 0.2) is 60.9 Å². The van der Waals surface area contributed by atoms with E-state index >= 15 is 0 Å². The highest BCUT2D eigenvalue weighted by molar-refractivity contribution is 7.99. The van der Waals surface area contributed by atoms with E-state index in [0.717, 1.165) is 35.9 Å². The van der Waals surface area contributed by atoms with E-state index in [4.69, 9.17) is 21.6 Å². The van der Waals surface area contributed by atoms with Crippen LogP contribution in [-0.4, -0.2) is 51.0 Å². The molecular weight excluding hydrogens is 469 g/mol. The quantitative estimate of drug-likeness (QED) is 0.330. The molecule has 0 bridgehead atoms. The first-order chi connectivity index (χ1) is 16.7. The molecule has 0 aliphatic carbocycles. The van der Waals surface area contributed by atoms with Gasteiger partial charge < -0.3 is 10.2 Å². The van der Waals surface area contributed by atoms with Gasteiger partial charge in [0.25, 0.3) is 0 Å². The maximum atomic E-state index is 13.6.